The minimum atomic E-state index is -0.745. The number of rotatable bonds is 9. The molecule has 0 spiro atoms. The molecular weight excluding hydrogens is 364 g/mol. The summed E-state index contributed by atoms with van der Waals surface area (Å²) in [4.78, 5) is 4.50. The maximum atomic E-state index is 10.9. The lowest BCUT2D eigenvalue weighted by Crippen LogP contribution is -2.47. The van der Waals surface area contributed by atoms with Gasteiger partial charge in [0.05, 0.1) is 0 Å². The average Bonchev–Trinajstić information content (AvgIpc) is 2.71. The summed E-state index contributed by atoms with van der Waals surface area (Å²) in [6, 6.07) is 16.3. The monoisotopic (exact) mass is 398 g/mol. The van der Waals surface area contributed by atoms with Crippen LogP contribution in [-0.2, 0) is 6.54 Å². The Labute approximate surface area is 174 Å². The van der Waals surface area contributed by atoms with Gasteiger partial charge < -0.3 is 19.5 Å². The quantitative estimate of drug-likeness (QED) is 0.702. The molecule has 0 bridgehead atoms. The van der Waals surface area contributed by atoms with Gasteiger partial charge in [-0.1, -0.05) is 29.8 Å². The Morgan fingerprint density at radius 1 is 0.931 bits per heavy atom. The van der Waals surface area contributed by atoms with Crippen molar-refractivity contribution < 1.29 is 14.6 Å². The molecule has 5 nitrogen and oxygen atoms in total. The van der Waals surface area contributed by atoms with Crippen LogP contribution in [0, 0.1) is 6.92 Å². The zero-order valence-electron chi connectivity index (χ0n) is 17.9. The fourth-order valence-electron chi connectivity index (χ4n) is 3.42. The molecule has 0 aliphatic carbocycles. The summed E-state index contributed by atoms with van der Waals surface area (Å²) in [5, 5.41) is 10.9. The highest BCUT2D eigenvalue weighted by molar-refractivity contribution is 5.27. The number of nitrogens with zero attached hydrogens (tertiary/aromatic N) is 2. The molecule has 158 valence electrons. The minimum absolute atomic E-state index is 0.350. The average molecular weight is 399 g/mol. The molecule has 3 rings (SSSR count). The van der Waals surface area contributed by atoms with E-state index in [9.17, 15) is 5.11 Å². The number of piperidine rings is 1. The van der Waals surface area contributed by atoms with Gasteiger partial charge in [-0.3, -0.25) is 4.90 Å². The first-order valence-corrected chi connectivity index (χ1v) is 10.4. The predicted molar refractivity (Wildman–Crippen MR) is 117 cm³/mol. The smallest absolute Gasteiger partial charge is 0.119 e. The largest absolute Gasteiger partial charge is 0.492 e. The molecule has 0 atom stereocenters. The zero-order chi connectivity index (χ0) is 20.7. The molecule has 2 aromatic rings. The molecule has 1 heterocycles. The number of likely N-dealkylation sites (tertiary alicyclic amines) is 1. The Balaban J connectivity index is 1.41. The highest BCUT2D eigenvalue weighted by Crippen LogP contribution is 2.25. The van der Waals surface area contributed by atoms with E-state index in [1.807, 2.05) is 50.5 Å². The zero-order valence-corrected chi connectivity index (χ0v) is 17.9. The van der Waals surface area contributed by atoms with Crippen molar-refractivity contribution in [3.05, 3.63) is 59.7 Å². The fourth-order valence-corrected chi connectivity index (χ4v) is 3.42. The Bertz CT molecular complexity index is 736. The maximum Gasteiger partial charge on any atom is 0.119 e. The molecule has 1 fully saturated rings. The van der Waals surface area contributed by atoms with Crippen LogP contribution in [-0.4, -0.2) is 67.5 Å². The van der Waals surface area contributed by atoms with E-state index in [4.69, 9.17) is 9.47 Å². The van der Waals surface area contributed by atoms with E-state index in [-0.39, 0.29) is 0 Å². The van der Waals surface area contributed by atoms with Crippen molar-refractivity contribution in [2.75, 3.05) is 46.9 Å². The van der Waals surface area contributed by atoms with Gasteiger partial charge in [-0.05, 0) is 63.7 Å². The van der Waals surface area contributed by atoms with Crippen LogP contribution in [0.15, 0.2) is 48.5 Å². The molecule has 1 saturated heterocycles. The number of ether oxygens (including phenoxy) is 2. The van der Waals surface area contributed by atoms with Crippen molar-refractivity contribution in [2.24, 2.45) is 0 Å². The number of benzene rings is 2. The molecule has 0 unspecified atom stereocenters. The van der Waals surface area contributed by atoms with Crippen molar-refractivity contribution in [1.82, 2.24) is 9.80 Å². The lowest BCUT2D eigenvalue weighted by Gasteiger charge is -2.38. The Hall–Kier alpha value is -2.08. The third kappa shape index (κ3) is 7.03. The molecule has 1 N–H and O–H groups in total. The molecule has 2 aromatic carbocycles. The molecule has 0 radical (unpaired) electrons. The minimum Gasteiger partial charge on any atom is -0.492 e. The van der Waals surface area contributed by atoms with Crippen LogP contribution in [0.1, 0.15) is 24.0 Å². The van der Waals surface area contributed by atoms with Gasteiger partial charge in [0, 0.05) is 26.2 Å². The van der Waals surface area contributed by atoms with Crippen molar-refractivity contribution in [3.8, 4) is 11.5 Å². The molecule has 1 aliphatic rings. The second kappa shape index (κ2) is 10.1. The second-order valence-electron chi connectivity index (χ2n) is 8.40. The maximum absolute atomic E-state index is 10.9. The SMILES string of the molecule is Cc1ccc(OCC2(O)CCN(Cc3ccc(OCCN(C)C)cc3)CC2)cc1. The number of hydrogen-bond acceptors (Lipinski definition) is 5. The summed E-state index contributed by atoms with van der Waals surface area (Å²) >= 11 is 0. The van der Waals surface area contributed by atoms with Gasteiger partial charge in [-0.2, -0.15) is 0 Å². The van der Waals surface area contributed by atoms with Crippen molar-refractivity contribution in [3.63, 3.8) is 0 Å². The Morgan fingerprint density at radius 2 is 1.52 bits per heavy atom. The third-order valence-corrected chi connectivity index (χ3v) is 5.45. The fraction of sp³-hybridized carbons (Fsp3) is 0.500. The van der Waals surface area contributed by atoms with Crippen LogP contribution < -0.4 is 9.47 Å². The summed E-state index contributed by atoms with van der Waals surface area (Å²) < 4.78 is 11.6. The van der Waals surface area contributed by atoms with Gasteiger partial charge in [0.2, 0.25) is 0 Å². The van der Waals surface area contributed by atoms with E-state index in [0.717, 1.165) is 50.5 Å². The van der Waals surface area contributed by atoms with Crippen LogP contribution in [0.2, 0.25) is 0 Å². The van der Waals surface area contributed by atoms with Crippen LogP contribution in [0.4, 0.5) is 0 Å². The van der Waals surface area contributed by atoms with Crippen molar-refractivity contribution in [1.29, 1.82) is 0 Å². The van der Waals surface area contributed by atoms with Crippen molar-refractivity contribution in [2.45, 2.75) is 31.9 Å². The molecule has 0 amide bonds. The van der Waals surface area contributed by atoms with Gasteiger partial charge in [0.1, 0.15) is 30.3 Å². The Kier molecular flexibility index (Phi) is 7.53. The first kappa shape index (κ1) is 21.6. The van der Waals surface area contributed by atoms with Gasteiger partial charge in [0.25, 0.3) is 0 Å². The molecule has 0 saturated carbocycles. The van der Waals surface area contributed by atoms with E-state index >= 15 is 0 Å². The molecule has 0 aromatic heterocycles. The lowest BCUT2D eigenvalue weighted by atomic mass is 9.92. The van der Waals surface area contributed by atoms with Gasteiger partial charge in [-0.15, -0.1) is 0 Å². The van der Waals surface area contributed by atoms with Crippen LogP contribution >= 0.6 is 0 Å². The molecular formula is C24H34N2O3. The van der Waals surface area contributed by atoms with Gasteiger partial charge in [0.15, 0.2) is 0 Å². The number of aryl methyl sites for hydroxylation is 1. The Morgan fingerprint density at radius 3 is 2.14 bits per heavy atom. The topological polar surface area (TPSA) is 45.2 Å². The van der Waals surface area contributed by atoms with E-state index in [1.54, 1.807) is 0 Å². The van der Waals surface area contributed by atoms with Crippen LogP contribution in [0.25, 0.3) is 0 Å². The summed E-state index contributed by atoms with van der Waals surface area (Å²) in [5.74, 6) is 1.73. The number of aliphatic hydroxyl groups is 1. The highest BCUT2D eigenvalue weighted by Gasteiger charge is 2.33. The van der Waals surface area contributed by atoms with E-state index in [1.165, 1.54) is 11.1 Å². The molecule has 5 heteroatoms. The number of hydrogen-bond donors (Lipinski definition) is 1. The first-order chi connectivity index (χ1) is 13.9. The number of likely N-dealkylation sites (N-methyl/N-ethyl adjacent to an activating group) is 1. The summed E-state index contributed by atoms with van der Waals surface area (Å²) in [5.41, 5.74) is 1.73. The third-order valence-electron chi connectivity index (χ3n) is 5.45. The summed E-state index contributed by atoms with van der Waals surface area (Å²) in [7, 11) is 4.08. The lowest BCUT2D eigenvalue weighted by molar-refractivity contribution is -0.0537. The molecule has 1 aliphatic heterocycles. The second-order valence-corrected chi connectivity index (χ2v) is 8.40. The van der Waals surface area contributed by atoms with Gasteiger partial charge in [-0.25, -0.2) is 0 Å². The summed E-state index contributed by atoms with van der Waals surface area (Å²) in [6.07, 6.45) is 1.45. The van der Waals surface area contributed by atoms with E-state index < -0.39 is 5.60 Å². The van der Waals surface area contributed by atoms with Gasteiger partial charge >= 0.3 is 0 Å². The normalized spacial score (nSPS) is 16.7. The van der Waals surface area contributed by atoms with Crippen LogP contribution in [0.3, 0.4) is 0 Å². The predicted octanol–water partition coefficient (Wildman–Crippen LogP) is 3.34. The first-order valence-electron chi connectivity index (χ1n) is 10.4. The van der Waals surface area contributed by atoms with Crippen molar-refractivity contribution >= 4 is 0 Å². The summed E-state index contributed by atoms with van der Waals surface area (Å²) in [6.45, 7) is 6.64. The van der Waals surface area contributed by atoms with Crippen LogP contribution in [0.5, 0.6) is 11.5 Å². The standard InChI is InChI=1S/C24H34N2O3/c1-20-4-8-23(9-5-20)29-19-24(27)12-14-26(15-13-24)18-21-6-10-22(11-7-21)28-17-16-25(2)3/h4-11,27H,12-19H2,1-3H3. The van der Waals surface area contributed by atoms with E-state index in [2.05, 4.69) is 28.9 Å². The molecule has 29 heavy (non-hydrogen) atoms. The highest BCUT2D eigenvalue weighted by atomic mass is 16.5. The van der Waals surface area contributed by atoms with E-state index in [0.29, 0.717) is 13.2 Å².